The Kier molecular flexibility index (Phi) is 2.42. The molecule has 1 amide bonds. The van der Waals surface area contributed by atoms with Gasteiger partial charge in [-0.1, -0.05) is 0 Å². The summed E-state index contributed by atoms with van der Waals surface area (Å²) in [5.74, 6) is -7.54. The van der Waals surface area contributed by atoms with Crippen LogP contribution < -0.4 is 5.73 Å². The van der Waals surface area contributed by atoms with Gasteiger partial charge in [0.15, 0.2) is 0 Å². The highest BCUT2D eigenvalue weighted by molar-refractivity contribution is 5.85. The first-order valence-electron chi connectivity index (χ1n) is 3.65. The van der Waals surface area contributed by atoms with E-state index in [0.717, 1.165) is 0 Å². The van der Waals surface area contributed by atoms with Crippen molar-refractivity contribution in [3.05, 3.63) is 0 Å². The van der Waals surface area contributed by atoms with Crippen molar-refractivity contribution in [2.24, 2.45) is 5.73 Å². The molecule has 0 aromatic heterocycles. The van der Waals surface area contributed by atoms with Crippen molar-refractivity contribution < 1.29 is 26.7 Å². The fraction of sp³-hybridized carbons (Fsp3) is 0.833. The molecule has 0 aromatic rings. The predicted octanol–water partition coefficient (Wildman–Crippen LogP) is 0.354. The Hall–Kier alpha value is -0.920. The van der Waals surface area contributed by atoms with Crippen LogP contribution in [-0.2, 0) is 4.79 Å². The minimum atomic E-state index is -5.84. The number of rotatable bonds is 1. The van der Waals surface area contributed by atoms with E-state index >= 15 is 0 Å². The van der Waals surface area contributed by atoms with Crippen molar-refractivity contribution in [2.75, 3.05) is 13.1 Å². The summed E-state index contributed by atoms with van der Waals surface area (Å²) in [6.07, 6.45) is -5.84. The molecule has 1 saturated heterocycles. The van der Waals surface area contributed by atoms with Crippen molar-refractivity contribution in [3.8, 4) is 0 Å². The molecule has 1 aliphatic heterocycles. The number of alkyl halides is 5. The van der Waals surface area contributed by atoms with E-state index in [1.165, 1.54) is 0 Å². The van der Waals surface area contributed by atoms with Crippen LogP contribution in [0.25, 0.3) is 0 Å². The number of halogens is 5. The van der Waals surface area contributed by atoms with Gasteiger partial charge in [0, 0.05) is 19.1 Å². The fourth-order valence-electron chi connectivity index (χ4n) is 0.998. The lowest BCUT2D eigenvalue weighted by Crippen LogP contribution is -2.63. The topological polar surface area (TPSA) is 46.3 Å². The lowest BCUT2D eigenvalue weighted by molar-refractivity contribution is -0.275. The SMILES string of the molecule is NC1CN(C(=O)C(F)(F)C(F)(F)F)C1. The maximum atomic E-state index is 12.4. The van der Waals surface area contributed by atoms with E-state index in [0.29, 0.717) is 4.90 Å². The lowest BCUT2D eigenvalue weighted by Gasteiger charge is -2.38. The van der Waals surface area contributed by atoms with E-state index in [1.807, 2.05) is 0 Å². The minimum absolute atomic E-state index is 0.259. The number of amides is 1. The number of carbonyl (C=O) groups is 1. The maximum Gasteiger partial charge on any atom is 0.463 e. The first-order valence-corrected chi connectivity index (χ1v) is 3.65. The average Bonchev–Trinajstić information content (AvgIpc) is 1.95. The highest BCUT2D eigenvalue weighted by Crippen LogP contribution is 2.37. The van der Waals surface area contributed by atoms with Gasteiger partial charge >= 0.3 is 18.0 Å². The number of nitrogens with two attached hydrogens (primary N) is 1. The van der Waals surface area contributed by atoms with Crippen LogP contribution in [0.2, 0.25) is 0 Å². The van der Waals surface area contributed by atoms with Gasteiger partial charge in [0.25, 0.3) is 0 Å². The fourth-order valence-corrected chi connectivity index (χ4v) is 0.998. The number of carbonyl (C=O) groups excluding carboxylic acids is 1. The quantitative estimate of drug-likeness (QED) is 0.645. The Balaban J connectivity index is 2.69. The molecule has 8 heteroatoms. The summed E-state index contributed by atoms with van der Waals surface area (Å²) in [5, 5.41) is 0. The molecule has 0 spiro atoms. The molecule has 0 aliphatic carbocycles. The van der Waals surface area contributed by atoms with Gasteiger partial charge in [-0.3, -0.25) is 4.79 Å². The molecule has 0 bridgehead atoms. The van der Waals surface area contributed by atoms with E-state index in [-0.39, 0.29) is 13.1 Å². The summed E-state index contributed by atoms with van der Waals surface area (Å²) >= 11 is 0. The van der Waals surface area contributed by atoms with Crippen LogP contribution in [-0.4, -0.2) is 42.0 Å². The number of likely N-dealkylation sites (tertiary alicyclic amines) is 1. The Bertz CT molecular complexity index is 245. The largest absolute Gasteiger partial charge is 0.463 e. The van der Waals surface area contributed by atoms with Crippen LogP contribution in [0.4, 0.5) is 22.0 Å². The van der Waals surface area contributed by atoms with Crippen molar-refractivity contribution in [1.29, 1.82) is 0 Å². The number of nitrogens with zero attached hydrogens (tertiary/aromatic N) is 1. The third-order valence-corrected chi connectivity index (χ3v) is 1.82. The monoisotopic (exact) mass is 218 g/mol. The molecule has 0 saturated carbocycles. The van der Waals surface area contributed by atoms with Crippen molar-refractivity contribution in [2.45, 2.75) is 18.1 Å². The molecule has 0 radical (unpaired) electrons. The second-order valence-electron chi connectivity index (χ2n) is 3.04. The molecule has 0 unspecified atom stereocenters. The molecule has 0 atom stereocenters. The zero-order valence-corrected chi connectivity index (χ0v) is 6.81. The van der Waals surface area contributed by atoms with Crippen molar-refractivity contribution >= 4 is 5.91 Å². The highest BCUT2D eigenvalue weighted by atomic mass is 19.4. The van der Waals surface area contributed by atoms with Gasteiger partial charge in [0.05, 0.1) is 0 Å². The van der Waals surface area contributed by atoms with E-state index in [1.54, 1.807) is 0 Å². The highest BCUT2D eigenvalue weighted by Gasteiger charge is 2.65. The van der Waals surface area contributed by atoms with Gasteiger partial charge in [-0.2, -0.15) is 22.0 Å². The zero-order valence-electron chi connectivity index (χ0n) is 6.81. The van der Waals surface area contributed by atoms with Crippen LogP contribution in [0.1, 0.15) is 0 Å². The molecule has 1 rings (SSSR count). The van der Waals surface area contributed by atoms with Crippen LogP contribution in [0.5, 0.6) is 0 Å². The molecular weight excluding hydrogens is 211 g/mol. The molecule has 82 valence electrons. The average molecular weight is 218 g/mol. The first kappa shape index (κ1) is 11.2. The molecule has 2 N–H and O–H groups in total. The Labute approximate surface area is 75.6 Å². The van der Waals surface area contributed by atoms with Gasteiger partial charge in [-0.15, -0.1) is 0 Å². The summed E-state index contributed by atoms with van der Waals surface area (Å²) in [7, 11) is 0. The number of hydrogen-bond donors (Lipinski definition) is 1. The summed E-state index contributed by atoms with van der Waals surface area (Å²) in [5.41, 5.74) is 5.14. The maximum absolute atomic E-state index is 12.4. The second-order valence-corrected chi connectivity index (χ2v) is 3.04. The van der Waals surface area contributed by atoms with E-state index in [4.69, 9.17) is 5.73 Å². The van der Waals surface area contributed by atoms with Crippen LogP contribution in [0.15, 0.2) is 0 Å². The zero-order chi connectivity index (χ0) is 11.1. The van der Waals surface area contributed by atoms with E-state index in [2.05, 4.69) is 0 Å². The molecule has 3 nitrogen and oxygen atoms in total. The van der Waals surface area contributed by atoms with Crippen molar-refractivity contribution in [1.82, 2.24) is 4.90 Å². The second kappa shape index (κ2) is 3.04. The van der Waals surface area contributed by atoms with E-state index < -0.39 is 24.0 Å². The van der Waals surface area contributed by atoms with Gasteiger partial charge < -0.3 is 10.6 Å². The Morgan fingerprint density at radius 2 is 1.64 bits per heavy atom. The third-order valence-electron chi connectivity index (χ3n) is 1.82. The normalized spacial score (nSPS) is 19.4. The molecule has 1 aliphatic rings. The molecular formula is C6H7F5N2O. The lowest BCUT2D eigenvalue weighted by atomic mass is 10.1. The van der Waals surface area contributed by atoms with Crippen LogP contribution >= 0.6 is 0 Å². The van der Waals surface area contributed by atoms with E-state index in [9.17, 15) is 26.7 Å². The first-order chi connectivity index (χ1) is 6.16. The standard InChI is InChI=1S/C6H7F5N2O/c7-5(8,6(9,10)11)4(14)13-1-3(12)2-13/h3H,1-2,12H2. The van der Waals surface area contributed by atoms with Crippen molar-refractivity contribution in [3.63, 3.8) is 0 Å². The van der Waals surface area contributed by atoms with Gasteiger partial charge in [0.1, 0.15) is 0 Å². The molecule has 1 heterocycles. The Morgan fingerprint density at radius 3 is 1.93 bits per heavy atom. The number of hydrogen-bond acceptors (Lipinski definition) is 2. The van der Waals surface area contributed by atoms with Gasteiger partial charge in [-0.25, -0.2) is 0 Å². The van der Waals surface area contributed by atoms with Gasteiger partial charge in [-0.05, 0) is 0 Å². The molecule has 1 fully saturated rings. The summed E-state index contributed by atoms with van der Waals surface area (Å²) in [4.78, 5) is 11.0. The smallest absolute Gasteiger partial charge is 0.334 e. The predicted molar refractivity (Wildman–Crippen MR) is 35.6 cm³/mol. The summed E-state index contributed by atoms with van der Waals surface area (Å²) in [6, 6.07) is -0.511. The van der Waals surface area contributed by atoms with Gasteiger partial charge in [0.2, 0.25) is 0 Å². The minimum Gasteiger partial charge on any atom is -0.334 e. The summed E-state index contributed by atoms with van der Waals surface area (Å²) in [6.45, 7) is -0.519. The molecule has 14 heavy (non-hydrogen) atoms. The van der Waals surface area contributed by atoms with Crippen LogP contribution in [0, 0.1) is 0 Å². The molecule has 0 aromatic carbocycles. The Morgan fingerprint density at radius 1 is 1.21 bits per heavy atom. The third kappa shape index (κ3) is 1.66. The van der Waals surface area contributed by atoms with Crippen LogP contribution in [0.3, 0.4) is 0 Å². The summed E-state index contributed by atoms with van der Waals surface area (Å²) < 4.78 is 59.8.